The van der Waals surface area contributed by atoms with Crippen LogP contribution in [0.2, 0.25) is 0 Å². The maximum Gasteiger partial charge on any atom is 0.427 e. The van der Waals surface area contributed by atoms with Crippen molar-refractivity contribution in [3.05, 3.63) is 54.6 Å². The van der Waals surface area contributed by atoms with Crippen molar-refractivity contribution in [1.82, 2.24) is 30.2 Å². The third-order valence-electron chi connectivity index (χ3n) is 12.6. The van der Waals surface area contributed by atoms with E-state index < -0.39 is 86.4 Å². The van der Waals surface area contributed by atoms with Crippen LogP contribution in [0.25, 0.3) is 22.3 Å². The molecule has 0 bridgehead atoms. The van der Waals surface area contributed by atoms with E-state index in [1.165, 1.54) is 12.0 Å². The van der Waals surface area contributed by atoms with Crippen LogP contribution >= 0.6 is 0 Å². The molecule has 1 aromatic heterocycles. The topological polar surface area (TPSA) is 204 Å². The number of alkyl halides is 3. The minimum atomic E-state index is -4.94. The molecule has 358 valence electrons. The molecule has 2 aromatic carbocycles. The average Bonchev–Trinajstić information content (AvgIpc) is 4.17. The summed E-state index contributed by atoms with van der Waals surface area (Å²) < 4.78 is 92.5. The fraction of sp³-hybridized carbons (Fsp3) is 0.565. The standard InChI is InChI=1S/C46H57F3N6O10S/c1-25(2)63-30-14-12-28(13-15-30)38-50-35-21-31(62-7)16-19-34(35)40(52-38)64-32-22-36-39(56)53-45(42(58)54-66(60,61)33-17-18-33)23-29(45)11-9-8-10-26(3)20-27(4)37(41(57)55(36)24-32)51-43(59)65-44(5,6)46(47,48)49/h9,11-16,19,21,25-27,29,32-33,36-37H,8,10,17-18,20,22-24H2,1-7H3,(H,51,59)(H,53,56)(H,54,58)/b11-9-/t26-,27+,29+,32+,36-,37-,45+/m0/s1. The SMILES string of the molecule is COc1ccc2c(O[C@@H]3C[C@H]4C(=O)N[C@]5(C(=O)NS(=O)(=O)C6CC6)C[C@H]5/C=C\CC[C@H](C)C[C@@H](C)[C@H](NC(=O)OC(C)(C)C(F)(F)F)C(=O)N4C3)nc(-c3ccc(OC(C)C)cc3)nc2c1. The van der Waals surface area contributed by atoms with E-state index in [0.29, 0.717) is 73.9 Å². The first-order valence-corrected chi connectivity index (χ1v) is 23.8. The number of nitrogens with one attached hydrogen (secondary N) is 3. The first-order chi connectivity index (χ1) is 31.0. The number of methoxy groups -OCH3 is 1. The highest BCUT2D eigenvalue weighted by atomic mass is 32.2. The Morgan fingerprint density at radius 2 is 1.68 bits per heavy atom. The van der Waals surface area contributed by atoms with Gasteiger partial charge in [-0.1, -0.05) is 26.0 Å². The molecule has 0 spiro atoms. The summed E-state index contributed by atoms with van der Waals surface area (Å²) in [7, 11) is -2.51. The van der Waals surface area contributed by atoms with Crippen LogP contribution in [0.15, 0.2) is 54.6 Å². The van der Waals surface area contributed by atoms with Crippen LogP contribution in [0.3, 0.4) is 0 Å². The zero-order valence-corrected chi connectivity index (χ0v) is 38.8. The van der Waals surface area contributed by atoms with Gasteiger partial charge in [0.1, 0.15) is 35.2 Å². The van der Waals surface area contributed by atoms with Crippen molar-refractivity contribution in [1.29, 1.82) is 0 Å². The maximum atomic E-state index is 15.0. The van der Waals surface area contributed by atoms with Gasteiger partial charge in [0.15, 0.2) is 5.82 Å². The van der Waals surface area contributed by atoms with Gasteiger partial charge in [-0.3, -0.25) is 19.1 Å². The second-order valence-electron chi connectivity index (χ2n) is 18.7. The predicted octanol–water partition coefficient (Wildman–Crippen LogP) is 6.37. The van der Waals surface area contributed by atoms with Crippen molar-refractivity contribution in [3.8, 4) is 28.8 Å². The number of rotatable bonds is 11. The smallest absolute Gasteiger partial charge is 0.427 e. The minimum absolute atomic E-state index is 0.0586. The van der Waals surface area contributed by atoms with Crippen molar-refractivity contribution in [3.63, 3.8) is 0 Å². The van der Waals surface area contributed by atoms with Gasteiger partial charge in [0.05, 0.1) is 35.9 Å². The number of carbonyl (C=O) groups excluding carboxylic acids is 4. The third kappa shape index (κ3) is 10.6. The lowest BCUT2D eigenvalue weighted by Crippen LogP contribution is -2.59. The zero-order valence-electron chi connectivity index (χ0n) is 37.9. The molecule has 0 radical (unpaired) electrons. The number of aromatic nitrogens is 2. The molecule has 3 aromatic rings. The van der Waals surface area contributed by atoms with Crippen LogP contribution in [0.4, 0.5) is 18.0 Å². The molecule has 2 saturated carbocycles. The Kier molecular flexibility index (Phi) is 13.6. The van der Waals surface area contributed by atoms with Gasteiger partial charge in [0.2, 0.25) is 33.3 Å². The first-order valence-electron chi connectivity index (χ1n) is 22.2. The molecule has 2 aliphatic heterocycles. The molecule has 2 aliphatic carbocycles. The molecule has 7 atom stereocenters. The number of carbonyl (C=O) groups is 4. The molecule has 66 heavy (non-hydrogen) atoms. The number of ether oxygens (including phenoxy) is 4. The second-order valence-corrected chi connectivity index (χ2v) is 20.7. The van der Waals surface area contributed by atoms with Crippen LogP contribution < -0.4 is 29.6 Å². The average molecular weight is 943 g/mol. The van der Waals surface area contributed by atoms with E-state index in [2.05, 4.69) is 15.4 Å². The van der Waals surface area contributed by atoms with Gasteiger partial charge in [0, 0.05) is 24.0 Å². The number of hydrogen-bond donors (Lipinski definition) is 3. The summed E-state index contributed by atoms with van der Waals surface area (Å²) in [4.78, 5) is 67.7. The van der Waals surface area contributed by atoms with E-state index in [1.54, 1.807) is 55.5 Å². The normalized spacial score (nSPS) is 26.8. The van der Waals surface area contributed by atoms with Gasteiger partial charge in [0.25, 0.3) is 5.91 Å². The number of allylic oxidation sites excluding steroid dienone is 1. The quantitative estimate of drug-likeness (QED) is 0.180. The predicted molar refractivity (Wildman–Crippen MR) is 236 cm³/mol. The largest absolute Gasteiger partial charge is 0.497 e. The number of fused-ring (bicyclic) bond motifs is 3. The molecule has 16 nitrogen and oxygen atoms in total. The van der Waals surface area contributed by atoms with Gasteiger partial charge in [-0.2, -0.15) is 18.2 Å². The van der Waals surface area contributed by atoms with E-state index in [0.717, 1.165) is 0 Å². The lowest BCUT2D eigenvalue weighted by molar-refractivity contribution is -0.244. The zero-order chi connectivity index (χ0) is 47.9. The van der Waals surface area contributed by atoms with Crippen LogP contribution in [-0.2, 0) is 29.1 Å². The monoisotopic (exact) mass is 942 g/mol. The Bertz CT molecular complexity index is 2480. The molecule has 0 unspecified atom stereocenters. The number of benzene rings is 2. The van der Waals surface area contributed by atoms with E-state index >= 15 is 0 Å². The van der Waals surface area contributed by atoms with Crippen LogP contribution in [0, 0.1) is 17.8 Å². The lowest BCUT2D eigenvalue weighted by atomic mass is 9.88. The number of alkyl carbamates (subject to hydrolysis) is 1. The Morgan fingerprint density at radius 3 is 2.33 bits per heavy atom. The molecule has 7 rings (SSSR count). The maximum absolute atomic E-state index is 15.0. The van der Waals surface area contributed by atoms with Gasteiger partial charge in [-0.15, -0.1) is 0 Å². The molecule has 4 amide bonds. The Morgan fingerprint density at radius 1 is 0.985 bits per heavy atom. The van der Waals surface area contributed by atoms with Crippen molar-refractivity contribution in [2.75, 3.05) is 13.7 Å². The van der Waals surface area contributed by atoms with Crippen LogP contribution in [-0.4, -0.2) is 108 Å². The van der Waals surface area contributed by atoms with E-state index in [9.17, 15) is 40.8 Å². The Labute approximate surface area is 381 Å². The summed E-state index contributed by atoms with van der Waals surface area (Å²) in [5.74, 6) is -2.30. The van der Waals surface area contributed by atoms with Gasteiger partial charge in [-0.25, -0.2) is 18.2 Å². The third-order valence-corrected chi connectivity index (χ3v) is 14.4. The minimum Gasteiger partial charge on any atom is -0.497 e. The fourth-order valence-corrected chi connectivity index (χ4v) is 9.85. The summed E-state index contributed by atoms with van der Waals surface area (Å²) in [5, 5.41) is 4.95. The molecule has 4 aliphatic rings. The number of halogens is 3. The highest BCUT2D eigenvalue weighted by molar-refractivity contribution is 7.91. The molecule has 3 N–H and O–H groups in total. The van der Waals surface area contributed by atoms with Crippen molar-refractivity contribution in [2.45, 2.75) is 133 Å². The Balaban J connectivity index is 1.26. The van der Waals surface area contributed by atoms with E-state index in [4.69, 9.17) is 28.9 Å². The number of sulfonamides is 1. The van der Waals surface area contributed by atoms with E-state index in [-0.39, 0.29) is 43.1 Å². The van der Waals surface area contributed by atoms with Gasteiger partial charge >= 0.3 is 12.3 Å². The first kappa shape index (κ1) is 48.3. The number of hydrogen-bond acceptors (Lipinski definition) is 12. The second kappa shape index (κ2) is 18.6. The summed E-state index contributed by atoms with van der Waals surface area (Å²) in [6, 6.07) is 9.38. The summed E-state index contributed by atoms with van der Waals surface area (Å²) >= 11 is 0. The van der Waals surface area contributed by atoms with Gasteiger partial charge in [-0.05, 0) is 114 Å². The van der Waals surface area contributed by atoms with E-state index in [1.807, 2.05) is 26.8 Å². The van der Waals surface area contributed by atoms with Crippen LogP contribution in [0.1, 0.15) is 86.5 Å². The van der Waals surface area contributed by atoms with Crippen molar-refractivity contribution in [2.24, 2.45) is 17.8 Å². The number of amides is 4. The highest BCUT2D eigenvalue weighted by Gasteiger charge is 2.62. The summed E-state index contributed by atoms with van der Waals surface area (Å²) in [6.07, 6.45) is -1.62. The summed E-state index contributed by atoms with van der Waals surface area (Å²) in [5.41, 5.74) is -3.51. The molecule has 3 heterocycles. The highest BCUT2D eigenvalue weighted by Crippen LogP contribution is 2.46. The molecular weight excluding hydrogens is 886 g/mol. The van der Waals surface area contributed by atoms with Crippen LogP contribution in [0.5, 0.6) is 17.4 Å². The molecular formula is C46H57F3N6O10S. The lowest BCUT2D eigenvalue weighted by Gasteiger charge is -2.34. The molecule has 1 saturated heterocycles. The summed E-state index contributed by atoms with van der Waals surface area (Å²) in [6.45, 7) is 8.54. The fourth-order valence-electron chi connectivity index (χ4n) is 8.48. The van der Waals surface area contributed by atoms with Gasteiger partial charge < -0.3 is 34.5 Å². The van der Waals surface area contributed by atoms with Crippen molar-refractivity contribution >= 4 is 44.7 Å². The molecule has 20 heteroatoms. The van der Waals surface area contributed by atoms with Crippen molar-refractivity contribution < 1.29 is 59.7 Å². The number of nitrogens with zero attached hydrogens (tertiary/aromatic N) is 3. The molecule has 3 fully saturated rings. The Hall–Kier alpha value is -5.66.